The quantitative estimate of drug-likeness (QED) is 0.829. The van der Waals surface area contributed by atoms with Crippen LogP contribution in [0.1, 0.15) is 26.2 Å². The maximum atomic E-state index is 5.49. The maximum Gasteiger partial charge on any atom is 0.173 e. The van der Waals surface area contributed by atoms with Crippen LogP contribution in [0.5, 0.6) is 5.75 Å². The molecule has 1 heterocycles. The van der Waals surface area contributed by atoms with Gasteiger partial charge in [0.25, 0.3) is 0 Å². The van der Waals surface area contributed by atoms with Crippen LogP contribution < -0.4 is 10.1 Å². The highest BCUT2D eigenvalue weighted by atomic mass is 32.1. The van der Waals surface area contributed by atoms with Crippen molar-refractivity contribution in [3.8, 4) is 5.75 Å². The van der Waals surface area contributed by atoms with Crippen molar-refractivity contribution in [2.24, 2.45) is 0 Å². The predicted octanol–water partition coefficient (Wildman–Crippen LogP) is 3.27. The van der Waals surface area contributed by atoms with Crippen molar-refractivity contribution in [1.29, 1.82) is 0 Å². The summed E-state index contributed by atoms with van der Waals surface area (Å²) in [5.41, 5.74) is 0.983. The van der Waals surface area contributed by atoms with E-state index in [1.165, 1.54) is 19.3 Å². The van der Waals surface area contributed by atoms with Gasteiger partial charge in [-0.2, -0.15) is 0 Å². The summed E-state index contributed by atoms with van der Waals surface area (Å²) in [5, 5.41) is 4.11. The SMILES string of the molecule is COc1cccc(NC(=S)N2CCCC[C@@H]2C)c1. The highest BCUT2D eigenvalue weighted by molar-refractivity contribution is 7.80. The Bertz CT molecular complexity index is 422. The zero-order valence-corrected chi connectivity index (χ0v) is 11.8. The summed E-state index contributed by atoms with van der Waals surface area (Å²) in [5.74, 6) is 0.842. The maximum absolute atomic E-state index is 5.49. The number of ether oxygens (including phenoxy) is 1. The Morgan fingerprint density at radius 3 is 3.00 bits per heavy atom. The molecule has 1 aromatic rings. The lowest BCUT2D eigenvalue weighted by atomic mass is 10.0. The second-order valence-electron chi connectivity index (χ2n) is 4.70. The van der Waals surface area contributed by atoms with Crippen molar-refractivity contribution in [3.05, 3.63) is 24.3 Å². The van der Waals surface area contributed by atoms with Gasteiger partial charge in [0.1, 0.15) is 5.75 Å². The molecule has 0 aromatic heterocycles. The van der Waals surface area contributed by atoms with E-state index in [0.717, 1.165) is 23.1 Å². The number of hydrogen-bond acceptors (Lipinski definition) is 2. The van der Waals surface area contributed by atoms with Crippen molar-refractivity contribution < 1.29 is 4.74 Å². The molecule has 1 N–H and O–H groups in total. The molecule has 98 valence electrons. The minimum Gasteiger partial charge on any atom is -0.497 e. The molecule has 1 atom stereocenters. The molecule has 0 spiro atoms. The summed E-state index contributed by atoms with van der Waals surface area (Å²) < 4.78 is 5.21. The number of thiocarbonyl (C=S) groups is 1. The Morgan fingerprint density at radius 1 is 1.44 bits per heavy atom. The Balaban J connectivity index is 2.01. The number of likely N-dealkylation sites (tertiary alicyclic amines) is 1. The number of piperidine rings is 1. The van der Waals surface area contributed by atoms with Crippen LogP contribution in [-0.4, -0.2) is 29.7 Å². The summed E-state index contributed by atoms with van der Waals surface area (Å²) in [4.78, 5) is 2.28. The number of rotatable bonds is 2. The number of anilines is 1. The van der Waals surface area contributed by atoms with Gasteiger partial charge in [-0.15, -0.1) is 0 Å². The van der Waals surface area contributed by atoms with Crippen LogP contribution in [0.15, 0.2) is 24.3 Å². The van der Waals surface area contributed by atoms with Crippen molar-refractivity contribution in [2.75, 3.05) is 19.0 Å². The smallest absolute Gasteiger partial charge is 0.173 e. The van der Waals surface area contributed by atoms with Crippen LogP contribution in [-0.2, 0) is 0 Å². The number of benzene rings is 1. The van der Waals surface area contributed by atoms with Crippen LogP contribution in [0.2, 0.25) is 0 Å². The molecule has 1 saturated heterocycles. The second kappa shape index (κ2) is 6.05. The van der Waals surface area contributed by atoms with Gasteiger partial charge in [0.2, 0.25) is 0 Å². The van der Waals surface area contributed by atoms with Gasteiger partial charge in [-0.1, -0.05) is 6.07 Å². The highest BCUT2D eigenvalue weighted by Gasteiger charge is 2.20. The Labute approximate surface area is 114 Å². The number of nitrogens with zero attached hydrogens (tertiary/aromatic N) is 1. The first kappa shape index (κ1) is 13.1. The molecule has 0 amide bonds. The van der Waals surface area contributed by atoms with Gasteiger partial charge in [-0.25, -0.2) is 0 Å². The molecule has 0 aliphatic carbocycles. The second-order valence-corrected chi connectivity index (χ2v) is 5.09. The summed E-state index contributed by atoms with van der Waals surface area (Å²) in [6, 6.07) is 8.38. The van der Waals surface area contributed by atoms with Crippen molar-refractivity contribution in [2.45, 2.75) is 32.2 Å². The standard InChI is InChI=1S/C14H20N2OS/c1-11-6-3-4-9-16(11)14(18)15-12-7-5-8-13(10-12)17-2/h5,7-8,10-11H,3-4,6,9H2,1-2H3,(H,15,18)/t11-/m0/s1. The van der Waals surface area contributed by atoms with Gasteiger partial charge in [-0.3, -0.25) is 0 Å². The van der Waals surface area contributed by atoms with Crippen molar-refractivity contribution in [1.82, 2.24) is 4.90 Å². The molecule has 1 fully saturated rings. The normalized spacial score (nSPS) is 19.4. The lowest BCUT2D eigenvalue weighted by Crippen LogP contribution is -2.44. The monoisotopic (exact) mass is 264 g/mol. The average molecular weight is 264 g/mol. The minimum absolute atomic E-state index is 0.532. The van der Waals surface area contributed by atoms with E-state index in [0.29, 0.717) is 6.04 Å². The van der Waals surface area contributed by atoms with Gasteiger partial charge < -0.3 is 15.0 Å². The first-order valence-corrected chi connectivity index (χ1v) is 6.83. The van der Waals surface area contributed by atoms with Crippen LogP contribution in [0.4, 0.5) is 5.69 Å². The molecular weight excluding hydrogens is 244 g/mol. The van der Waals surface area contributed by atoms with Crippen LogP contribution in [0.3, 0.4) is 0 Å². The third kappa shape index (κ3) is 3.13. The van der Waals surface area contributed by atoms with Crippen LogP contribution in [0.25, 0.3) is 0 Å². The lowest BCUT2D eigenvalue weighted by Gasteiger charge is -2.35. The molecule has 1 aromatic carbocycles. The number of nitrogens with one attached hydrogen (secondary N) is 1. The fourth-order valence-corrected chi connectivity index (χ4v) is 2.69. The molecule has 1 aliphatic rings. The van der Waals surface area contributed by atoms with Crippen LogP contribution in [0, 0.1) is 0 Å². The fourth-order valence-electron chi connectivity index (χ4n) is 2.30. The molecule has 3 nitrogen and oxygen atoms in total. The molecule has 0 radical (unpaired) electrons. The van der Waals surface area contributed by atoms with E-state index in [1.54, 1.807) is 7.11 Å². The summed E-state index contributed by atoms with van der Waals surface area (Å²) >= 11 is 5.49. The van der Waals surface area contributed by atoms with E-state index < -0.39 is 0 Å². The largest absolute Gasteiger partial charge is 0.497 e. The third-order valence-electron chi connectivity index (χ3n) is 3.38. The first-order chi connectivity index (χ1) is 8.70. The van der Waals surface area contributed by atoms with E-state index in [9.17, 15) is 0 Å². The zero-order valence-electron chi connectivity index (χ0n) is 11.0. The molecule has 0 bridgehead atoms. The van der Waals surface area contributed by atoms with Gasteiger partial charge in [-0.05, 0) is 50.5 Å². The van der Waals surface area contributed by atoms with E-state index in [4.69, 9.17) is 17.0 Å². The Hall–Kier alpha value is -1.29. The molecule has 0 unspecified atom stereocenters. The molecule has 0 saturated carbocycles. The molecular formula is C14H20N2OS. The average Bonchev–Trinajstić information content (AvgIpc) is 2.39. The number of hydrogen-bond donors (Lipinski definition) is 1. The van der Waals surface area contributed by atoms with E-state index in [-0.39, 0.29) is 0 Å². The van der Waals surface area contributed by atoms with Gasteiger partial charge in [0, 0.05) is 24.3 Å². The third-order valence-corrected chi connectivity index (χ3v) is 3.72. The van der Waals surface area contributed by atoms with E-state index in [2.05, 4.69) is 17.1 Å². The summed E-state index contributed by atoms with van der Waals surface area (Å²) in [6.45, 7) is 3.29. The summed E-state index contributed by atoms with van der Waals surface area (Å²) in [7, 11) is 1.67. The fraction of sp³-hybridized carbons (Fsp3) is 0.500. The molecule has 2 rings (SSSR count). The molecule has 18 heavy (non-hydrogen) atoms. The van der Waals surface area contributed by atoms with Crippen LogP contribution >= 0.6 is 12.2 Å². The highest BCUT2D eigenvalue weighted by Crippen LogP contribution is 2.20. The predicted molar refractivity (Wildman–Crippen MR) is 79.2 cm³/mol. The van der Waals surface area contributed by atoms with Crippen molar-refractivity contribution in [3.63, 3.8) is 0 Å². The Morgan fingerprint density at radius 2 is 2.28 bits per heavy atom. The molecule has 1 aliphatic heterocycles. The molecule has 4 heteroatoms. The van der Waals surface area contributed by atoms with Gasteiger partial charge in [0.05, 0.1) is 7.11 Å². The van der Waals surface area contributed by atoms with E-state index in [1.807, 2.05) is 24.3 Å². The Kier molecular flexibility index (Phi) is 4.42. The lowest BCUT2D eigenvalue weighted by molar-refractivity contribution is 0.262. The number of methoxy groups -OCH3 is 1. The first-order valence-electron chi connectivity index (χ1n) is 6.42. The topological polar surface area (TPSA) is 24.5 Å². The summed E-state index contributed by atoms with van der Waals surface area (Å²) in [6.07, 6.45) is 3.75. The van der Waals surface area contributed by atoms with Gasteiger partial charge in [0.15, 0.2) is 5.11 Å². The van der Waals surface area contributed by atoms with E-state index >= 15 is 0 Å². The zero-order chi connectivity index (χ0) is 13.0. The minimum atomic E-state index is 0.532. The van der Waals surface area contributed by atoms with Crippen molar-refractivity contribution >= 4 is 23.0 Å². The van der Waals surface area contributed by atoms with Gasteiger partial charge >= 0.3 is 0 Å².